The van der Waals surface area contributed by atoms with Crippen molar-refractivity contribution in [2.75, 3.05) is 29.9 Å². The number of benzene rings is 2. The average Bonchev–Trinajstić information content (AvgIpc) is 3.05. The van der Waals surface area contributed by atoms with Gasteiger partial charge in [-0.3, -0.25) is 0 Å². The van der Waals surface area contributed by atoms with Gasteiger partial charge in [-0.2, -0.15) is 0 Å². The first-order valence-corrected chi connectivity index (χ1v) is 8.12. The Bertz CT molecular complexity index is 639. The van der Waals surface area contributed by atoms with Gasteiger partial charge in [-0.15, -0.1) is 0 Å². The van der Waals surface area contributed by atoms with Crippen LogP contribution in [0, 0.1) is 12.8 Å². The minimum absolute atomic E-state index is 0.132. The van der Waals surface area contributed by atoms with Crippen molar-refractivity contribution in [3.8, 4) is 0 Å². The van der Waals surface area contributed by atoms with Crippen molar-refractivity contribution in [3.63, 3.8) is 0 Å². The van der Waals surface area contributed by atoms with Crippen LogP contribution in [0.3, 0.4) is 0 Å². The van der Waals surface area contributed by atoms with Crippen molar-refractivity contribution in [2.24, 2.45) is 5.92 Å². The van der Waals surface area contributed by atoms with E-state index in [1.165, 1.54) is 11.3 Å². The molecule has 1 fully saturated rings. The molecule has 1 aliphatic heterocycles. The molecule has 2 aromatic carbocycles. The molecule has 4 heteroatoms. The largest absolute Gasteiger partial charge is 0.371 e. The normalized spacial score (nSPS) is 17.1. The predicted octanol–water partition coefficient (Wildman–Crippen LogP) is 3.64. The van der Waals surface area contributed by atoms with Crippen molar-refractivity contribution in [3.05, 3.63) is 60.2 Å². The smallest absolute Gasteiger partial charge is 0.319 e. The zero-order valence-corrected chi connectivity index (χ0v) is 13.5. The van der Waals surface area contributed by atoms with Crippen LogP contribution in [0.2, 0.25) is 0 Å². The maximum atomic E-state index is 12.0. The van der Waals surface area contributed by atoms with Crippen molar-refractivity contribution in [1.82, 2.24) is 5.32 Å². The Kier molecular flexibility index (Phi) is 4.81. The zero-order chi connectivity index (χ0) is 16.1. The van der Waals surface area contributed by atoms with E-state index in [4.69, 9.17) is 0 Å². The molecule has 4 nitrogen and oxygen atoms in total. The summed E-state index contributed by atoms with van der Waals surface area (Å²) in [6, 6.07) is 18.1. The van der Waals surface area contributed by atoms with Crippen LogP contribution in [0.1, 0.15) is 12.0 Å². The van der Waals surface area contributed by atoms with E-state index in [9.17, 15) is 4.79 Å². The Hall–Kier alpha value is -2.49. The number of hydrogen-bond donors (Lipinski definition) is 2. The lowest BCUT2D eigenvalue weighted by Gasteiger charge is -2.18. The van der Waals surface area contributed by atoms with Crippen LogP contribution >= 0.6 is 0 Å². The second kappa shape index (κ2) is 7.18. The molecule has 2 amide bonds. The van der Waals surface area contributed by atoms with Crippen molar-refractivity contribution >= 4 is 17.4 Å². The van der Waals surface area contributed by atoms with Gasteiger partial charge in [0.2, 0.25) is 0 Å². The number of aryl methyl sites for hydroxylation is 1. The topological polar surface area (TPSA) is 44.4 Å². The first-order chi connectivity index (χ1) is 11.2. The molecule has 2 aromatic rings. The van der Waals surface area contributed by atoms with Gasteiger partial charge in [-0.1, -0.05) is 35.9 Å². The number of rotatable bonds is 4. The summed E-state index contributed by atoms with van der Waals surface area (Å²) in [7, 11) is 0. The Labute approximate surface area is 137 Å². The molecule has 0 aliphatic carbocycles. The number of nitrogens with zero attached hydrogens (tertiary/aromatic N) is 1. The SMILES string of the molecule is Cc1ccc(NC(=O)NC[C@@H]2CCN(c3ccccc3)C2)cc1. The van der Waals surface area contributed by atoms with E-state index in [0.717, 1.165) is 25.2 Å². The van der Waals surface area contributed by atoms with Crippen LogP contribution in [-0.4, -0.2) is 25.7 Å². The fourth-order valence-corrected chi connectivity index (χ4v) is 2.92. The third-order valence-electron chi connectivity index (χ3n) is 4.27. The molecular formula is C19H23N3O. The van der Waals surface area contributed by atoms with Gasteiger partial charge >= 0.3 is 6.03 Å². The molecule has 1 atom stereocenters. The summed E-state index contributed by atoms with van der Waals surface area (Å²) in [6.45, 7) is 4.79. The first-order valence-electron chi connectivity index (χ1n) is 8.12. The summed E-state index contributed by atoms with van der Waals surface area (Å²) in [5, 5.41) is 5.86. The second-order valence-electron chi connectivity index (χ2n) is 6.14. The molecule has 3 rings (SSSR count). The van der Waals surface area contributed by atoms with Gasteiger partial charge in [0.05, 0.1) is 0 Å². The zero-order valence-electron chi connectivity index (χ0n) is 13.5. The molecule has 0 radical (unpaired) electrons. The molecule has 0 saturated carbocycles. The number of carbonyl (C=O) groups excluding carboxylic acids is 1. The summed E-state index contributed by atoms with van der Waals surface area (Å²) < 4.78 is 0. The van der Waals surface area contributed by atoms with Crippen LogP contribution in [0.4, 0.5) is 16.2 Å². The van der Waals surface area contributed by atoms with E-state index >= 15 is 0 Å². The Morgan fingerprint density at radius 2 is 1.87 bits per heavy atom. The molecule has 23 heavy (non-hydrogen) atoms. The Morgan fingerprint density at radius 1 is 1.13 bits per heavy atom. The number of anilines is 2. The predicted molar refractivity (Wildman–Crippen MR) is 95.0 cm³/mol. The highest BCUT2D eigenvalue weighted by Gasteiger charge is 2.22. The highest BCUT2D eigenvalue weighted by atomic mass is 16.2. The van der Waals surface area contributed by atoms with Crippen LogP contribution in [0.15, 0.2) is 54.6 Å². The van der Waals surface area contributed by atoms with E-state index in [-0.39, 0.29) is 6.03 Å². The van der Waals surface area contributed by atoms with Crippen LogP contribution in [-0.2, 0) is 0 Å². The summed E-state index contributed by atoms with van der Waals surface area (Å²) >= 11 is 0. The number of carbonyl (C=O) groups is 1. The molecule has 0 bridgehead atoms. The van der Waals surface area contributed by atoms with E-state index in [2.05, 4.69) is 39.8 Å². The Morgan fingerprint density at radius 3 is 2.61 bits per heavy atom. The molecule has 0 unspecified atom stereocenters. The molecule has 0 aromatic heterocycles. The van der Waals surface area contributed by atoms with Crippen LogP contribution in [0.25, 0.3) is 0 Å². The molecule has 2 N–H and O–H groups in total. The monoisotopic (exact) mass is 309 g/mol. The summed E-state index contributed by atoms with van der Waals surface area (Å²) in [5.74, 6) is 0.499. The number of hydrogen-bond acceptors (Lipinski definition) is 2. The minimum atomic E-state index is -0.132. The summed E-state index contributed by atoms with van der Waals surface area (Å²) in [6.07, 6.45) is 1.11. The summed E-state index contributed by atoms with van der Waals surface area (Å²) in [4.78, 5) is 14.3. The van der Waals surface area contributed by atoms with Gasteiger partial charge in [-0.25, -0.2) is 4.79 Å². The Balaban J connectivity index is 1.44. The van der Waals surface area contributed by atoms with E-state index in [0.29, 0.717) is 12.5 Å². The maximum Gasteiger partial charge on any atom is 0.319 e. The summed E-state index contributed by atoms with van der Waals surface area (Å²) in [5.41, 5.74) is 3.27. The number of amides is 2. The van der Waals surface area contributed by atoms with Crippen LogP contribution in [0.5, 0.6) is 0 Å². The first kappa shape index (κ1) is 15.4. The standard InChI is InChI=1S/C19H23N3O/c1-15-7-9-17(10-8-15)21-19(23)20-13-16-11-12-22(14-16)18-5-3-2-4-6-18/h2-10,16H,11-14H2,1H3,(H2,20,21,23)/t16-/m0/s1. The highest BCUT2D eigenvalue weighted by Crippen LogP contribution is 2.22. The van der Waals surface area contributed by atoms with Crippen molar-refractivity contribution in [2.45, 2.75) is 13.3 Å². The molecule has 120 valence electrons. The number of nitrogens with one attached hydrogen (secondary N) is 2. The van der Waals surface area contributed by atoms with Gasteiger partial charge in [0.15, 0.2) is 0 Å². The van der Waals surface area contributed by atoms with Crippen LogP contribution < -0.4 is 15.5 Å². The third kappa shape index (κ3) is 4.25. The van der Waals surface area contributed by atoms with Crippen molar-refractivity contribution < 1.29 is 4.79 Å². The lowest BCUT2D eigenvalue weighted by molar-refractivity contribution is 0.250. The molecule has 1 heterocycles. The lowest BCUT2D eigenvalue weighted by atomic mass is 10.1. The highest BCUT2D eigenvalue weighted by molar-refractivity contribution is 5.89. The molecular weight excluding hydrogens is 286 g/mol. The maximum absolute atomic E-state index is 12.0. The van der Waals surface area contributed by atoms with Gasteiger partial charge in [-0.05, 0) is 43.5 Å². The molecule has 1 aliphatic rings. The quantitative estimate of drug-likeness (QED) is 0.905. The van der Waals surface area contributed by atoms with E-state index < -0.39 is 0 Å². The van der Waals surface area contributed by atoms with Gasteiger partial charge < -0.3 is 15.5 Å². The average molecular weight is 309 g/mol. The molecule has 0 spiro atoms. The van der Waals surface area contributed by atoms with Crippen molar-refractivity contribution in [1.29, 1.82) is 0 Å². The fourth-order valence-electron chi connectivity index (χ4n) is 2.92. The fraction of sp³-hybridized carbons (Fsp3) is 0.316. The number of para-hydroxylation sites is 1. The molecule has 1 saturated heterocycles. The minimum Gasteiger partial charge on any atom is -0.371 e. The van der Waals surface area contributed by atoms with Gasteiger partial charge in [0, 0.05) is 31.0 Å². The lowest BCUT2D eigenvalue weighted by Crippen LogP contribution is -2.34. The third-order valence-corrected chi connectivity index (χ3v) is 4.27. The van der Waals surface area contributed by atoms with E-state index in [1.54, 1.807) is 0 Å². The second-order valence-corrected chi connectivity index (χ2v) is 6.14. The number of urea groups is 1. The van der Waals surface area contributed by atoms with E-state index in [1.807, 2.05) is 37.3 Å². The van der Waals surface area contributed by atoms with Gasteiger partial charge in [0.25, 0.3) is 0 Å². The van der Waals surface area contributed by atoms with Gasteiger partial charge in [0.1, 0.15) is 0 Å².